The number of fused-ring (bicyclic) bond motifs is 2. The third-order valence-electron chi connectivity index (χ3n) is 9.31. The minimum absolute atomic E-state index is 0.0257. The Labute approximate surface area is 231 Å². The molecule has 2 saturated heterocycles. The Balaban J connectivity index is 0.000000235. The van der Waals surface area contributed by atoms with Crippen LogP contribution in [-0.2, 0) is 33.4 Å². The monoisotopic (exact) mass is 552 g/mol. The standard InChI is InChI=1S/C16H24O4.C8H20Si.C6H8O3/c1-8-9(2)11-5-10(8)6-12(11)15(18)19-13-7-14(17)20-16(13,3)4;1-6-8(2)7-9(3,4)5;1-3-4(2)6(8)9-5(3)7/h8-13H,5-7H2,1-4H3;8H,6-7H2,1-5H3;3-4H,1-2H3. The van der Waals surface area contributed by atoms with E-state index in [-0.39, 0.29) is 36.1 Å². The predicted molar refractivity (Wildman–Crippen MR) is 150 cm³/mol. The van der Waals surface area contributed by atoms with E-state index in [0.29, 0.717) is 17.8 Å². The van der Waals surface area contributed by atoms with Crippen LogP contribution in [0.15, 0.2) is 0 Å². The van der Waals surface area contributed by atoms with E-state index in [0.717, 1.165) is 24.7 Å². The summed E-state index contributed by atoms with van der Waals surface area (Å²) in [7, 11) is -0.741. The molecular formula is C30H52O7Si. The van der Waals surface area contributed by atoms with Crippen LogP contribution in [0.4, 0.5) is 0 Å². The summed E-state index contributed by atoms with van der Waals surface area (Å²) in [6, 6.07) is 1.49. The van der Waals surface area contributed by atoms with Crippen molar-refractivity contribution in [3.05, 3.63) is 0 Å². The lowest BCUT2D eigenvalue weighted by molar-refractivity contribution is -0.166. The lowest BCUT2D eigenvalue weighted by atomic mass is 9.76. The summed E-state index contributed by atoms with van der Waals surface area (Å²) in [6.07, 6.45) is 3.22. The average Bonchev–Trinajstić information content (AvgIpc) is 3.49. The molecule has 2 aliphatic heterocycles. The summed E-state index contributed by atoms with van der Waals surface area (Å²) in [5.41, 5.74) is -0.691. The highest BCUT2D eigenvalue weighted by atomic mass is 28.3. The molecule has 2 saturated carbocycles. The van der Waals surface area contributed by atoms with E-state index in [2.05, 4.69) is 52.1 Å². The maximum absolute atomic E-state index is 12.4. The van der Waals surface area contributed by atoms with Gasteiger partial charge < -0.3 is 14.2 Å². The molecule has 0 radical (unpaired) electrons. The first-order valence-corrected chi connectivity index (χ1v) is 18.3. The van der Waals surface area contributed by atoms with E-state index >= 15 is 0 Å². The molecule has 0 aromatic rings. The summed E-state index contributed by atoms with van der Waals surface area (Å²) in [5.74, 6) is 1.74. The van der Waals surface area contributed by atoms with Crippen LogP contribution in [0.25, 0.3) is 0 Å². The Kier molecular flexibility index (Phi) is 10.8. The smallest absolute Gasteiger partial charge is 0.317 e. The summed E-state index contributed by atoms with van der Waals surface area (Å²) < 4.78 is 15.1. The molecule has 218 valence electrons. The molecule has 4 aliphatic rings. The van der Waals surface area contributed by atoms with Crippen molar-refractivity contribution in [1.82, 2.24) is 0 Å². The van der Waals surface area contributed by atoms with Gasteiger partial charge >= 0.3 is 23.9 Å². The van der Waals surface area contributed by atoms with Crippen molar-refractivity contribution in [3.8, 4) is 0 Å². The van der Waals surface area contributed by atoms with Gasteiger partial charge in [0.1, 0.15) is 5.60 Å². The van der Waals surface area contributed by atoms with E-state index in [1.807, 2.05) is 0 Å². The fourth-order valence-corrected chi connectivity index (χ4v) is 8.68. The number of esters is 4. The zero-order valence-corrected chi connectivity index (χ0v) is 26.6. The average molecular weight is 553 g/mol. The number of cyclic esters (lactones) is 3. The topological polar surface area (TPSA) is 96.0 Å². The van der Waals surface area contributed by atoms with Crippen molar-refractivity contribution < 1.29 is 33.4 Å². The van der Waals surface area contributed by atoms with E-state index in [1.165, 1.54) is 12.5 Å². The molecule has 4 fully saturated rings. The molecule has 0 aromatic carbocycles. The first kappa shape index (κ1) is 32.5. The Morgan fingerprint density at radius 2 is 1.55 bits per heavy atom. The number of carbonyl (C=O) groups excluding carboxylic acids is 4. The first-order chi connectivity index (χ1) is 17.4. The molecule has 9 atom stereocenters. The zero-order valence-electron chi connectivity index (χ0n) is 25.6. The van der Waals surface area contributed by atoms with Gasteiger partial charge in [0.15, 0.2) is 6.10 Å². The minimum atomic E-state index is -0.741. The van der Waals surface area contributed by atoms with Gasteiger partial charge in [-0.05, 0) is 56.3 Å². The Bertz CT molecular complexity index is 856. The molecule has 7 nitrogen and oxygen atoms in total. The zero-order chi connectivity index (χ0) is 29.2. The number of hydrogen-bond acceptors (Lipinski definition) is 7. The molecule has 2 aliphatic carbocycles. The minimum Gasteiger partial charge on any atom is -0.457 e. The van der Waals surface area contributed by atoms with Crippen molar-refractivity contribution >= 4 is 32.0 Å². The van der Waals surface area contributed by atoms with Crippen LogP contribution in [0.2, 0.25) is 25.7 Å². The lowest BCUT2D eigenvalue weighted by Gasteiger charge is -2.32. The van der Waals surface area contributed by atoms with Gasteiger partial charge in [0, 0.05) is 8.07 Å². The van der Waals surface area contributed by atoms with Crippen molar-refractivity contribution in [3.63, 3.8) is 0 Å². The molecule has 8 heteroatoms. The molecule has 2 heterocycles. The normalized spacial score (nSPS) is 35.9. The highest BCUT2D eigenvalue weighted by Crippen LogP contribution is 2.55. The first-order valence-electron chi connectivity index (χ1n) is 14.6. The third-order valence-corrected chi connectivity index (χ3v) is 11.2. The Morgan fingerprint density at radius 1 is 1.00 bits per heavy atom. The fourth-order valence-electron chi connectivity index (χ4n) is 6.30. The molecule has 0 aromatic heterocycles. The fraction of sp³-hybridized carbons (Fsp3) is 0.867. The van der Waals surface area contributed by atoms with Crippen LogP contribution >= 0.6 is 0 Å². The highest BCUT2D eigenvalue weighted by molar-refractivity contribution is 6.76. The van der Waals surface area contributed by atoms with E-state index in [4.69, 9.17) is 9.47 Å². The number of hydrogen-bond donors (Lipinski definition) is 0. The maximum atomic E-state index is 12.4. The van der Waals surface area contributed by atoms with E-state index in [9.17, 15) is 19.2 Å². The molecule has 0 amide bonds. The number of ether oxygens (including phenoxy) is 3. The second-order valence-corrected chi connectivity index (χ2v) is 19.6. The molecule has 9 unspecified atom stereocenters. The second-order valence-electron chi connectivity index (χ2n) is 14.0. The second kappa shape index (κ2) is 12.6. The van der Waals surface area contributed by atoms with Gasteiger partial charge in [-0.2, -0.15) is 0 Å². The van der Waals surface area contributed by atoms with E-state index < -0.39 is 31.7 Å². The van der Waals surface area contributed by atoms with Crippen molar-refractivity contribution in [2.75, 3.05) is 0 Å². The van der Waals surface area contributed by atoms with Crippen molar-refractivity contribution in [2.45, 2.75) is 118 Å². The van der Waals surface area contributed by atoms with Gasteiger partial charge in [-0.1, -0.05) is 73.6 Å². The summed E-state index contributed by atoms with van der Waals surface area (Å²) >= 11 is 0. The Morgan fingerprint density at radius 3 is 1.87 bits per heavy atom. The van der Waals surface area contributed by atoms with Crippen LogP contribution < -0.4 is 0 Å². The van der Waals surface area contributed by atoms with Gasteiger partial charge in [-0.3, -0.25) is 19.2 Å². The SMILES string of the molecule is CC1C(=O)OC(=O)C1C.CC1C2CC(C(=O)OC3CC(=O)OC3(C)C)C(C2)C1C.CCC(C)C[Si](C)(C)C. The largest absolute Gasteiger partial charge is 0.457 e. The van der Waals surface area contributed by atoms with Crippen LogP contribution in [0.3, 0.4) is 0 Å². The predicted octanol–water partition coefficient (Wildman–Crippen LogP) is 6.26. The molecule has 0 spiro atoms. The van der Waals surface area contributed by atoms with Crippen LogP contribution in [0.5, 0.6) is 0 Å². The van der Waals surface area contributed by atoms with Crippen LogP contribution in [0.1, 0.15) is 81.1 Å². The number of rotatable bonds is 5. The quantitative estimate of drug-likeness (QED) is 0.172. The molecule has 2 bridgehead atoms. The van der Waals surface area contributed by atoms with Crippen LogP contribution in [-0.4, -0.2) is 43.7 Å². The van der Waals surface area contributed by atoms with Gasteiger partial charge in [-0.15, -0.1) is 0 Å². The molecular weight excluding hydrogens is 500 g/mol. The summed E-state index contributed by atoms with van der Waals surface area (Å²) in [6.45, 7) is 23.5. The van der Waals surface area contributed by atoms with Crippen LogP contribution in [0, 0.1) is 47.3 Å². The number of carbonyl (C=O) groups is 4. The highest BCUT2D eigenvalue weighted by Gasteiger charge is 2.53. The molecule has 0 N–H and O–H groups in total. The Hall–Kier alpha value is -1.70. The van der Waals surface area contributed by atoms with Gasteiger partial charge in [0.05, 0.1) is 24.2 Å². The summed E-state index contributed by atoms with van der Waals surface area (Å²) in [4.78, 5) is 44.9. The van der Waals surface area contributed by atoms with Gasteiger partial charge in [0.25, 0.3) is 0 Å². The third kappa shape index (κ3) is 8.15. The van der Waals surface area contributed by atoms with Gasteiger partial charge in [0.2, 0.25) is 0 Å². The van der Waals surface area contributed by atoms with Gasteiger partial charge in [-0.25, -0.2) is 0 Å². The lowest BCUT2D eigenvalue weighted by Crippen LogP contribution is -2.39. The van der Waals surface area contributed by atoms with E-state index in [1.54, 1.807) is 27.7 Å². The molecule has 4 rings (SSSR count). The van der Waals surface area contributed by atoms with Crippen molar-refractivity contribution in [2.24, 2.45) is 47.3 Å². The molecule has 38 heavy (non-hydrogen) atoms. The van der Waals surface area contributed by atoms with Crippen molar-refractivity contribution in [1.29, 1.82) is 0 Å². The maximum Gasteiger partial charge on any atom is 0.317 e. The summed E-state index contributed by atoms with van der Waals surface area (Å²) in [5, 5.41) is 0.